The Morgan fingerprint density at radius 2 is 2.33 bits per heavy atom. The van der Waals surface area contributed by atoms with Crippen LogP contribution >= 0.6 is 11.6 Å². The van der Waals surface area contributed by atoms with Gasteiger partial charge in [0, 0.05) is 6.20 Å². The third-order valence-corrected chi connectivity index (χ3v) is 1.15. The maximum absolute atomic E-state index is 5.50. The lowest BCUT2D eigenvalue weighted by Gasteiger charge is -2.12. The highest BCUT2D eigenvalue weighted by Gasteiger charge is 2.07. The average molecular weight is 147 g/mol. The van der Waals surface area contributed by atoms with Crippen LogP contribution < -0.4 is 16.8 Å². The normalized spacial score (nSPS) is 26.1. The van der Waals surface area contributed by atoms with Crippen LogP contribution in [0.15, 0.2) is 16.9 Å². The zero-order valence-corrected chi connectivity index (χ0v) is 5.39. The van der Waals surface area contributed by atoms with Gasteiger partial charge in [-0.15, -0.1) is 0 Å². The Morgan fingerprint density at radius 1 is 1.67 bits per heavy atom. The molecule has 9 heavy (non-hydrogen) atoms. The van der Waals surface area contributed by atoms with Crippen molar-refractivity contribution in [3.8, 4) is 0 Å². The molecular weight excluding hydrogens is 140 g/mol. The number of alkyl halides is 1. The number of amidine groups is 1. The first-order chi connectivity index (χ1) is 4.20. The fraction of sp³-hybridized carbons (Fsp3) is 0.250. The average Bonchev–Trinajstić information content (AvgIpc) is 1.80. The van der Waals surface area contributed by atoms with Crippen LogP contribution in [0.3, 0.4) is 0 Å². The van der Waals surface area contributed by atoms with Gasteiger partial charge >= 0.3 is 0 Å². The summed E-state index contributed by atoms with van der Waals surface area (Å²) in [6, 6.07) is 0. The van der Waals surface area contributed by atoms with Gasteiger partial charge in [-0.2, -0.15) is 0 Å². The summed E-state index contributed by atoms with van der Waals surface area (Å²) in [4.78, 5) is 3.72. The molecule has 0 bridgehead atoms. The molecular formula is C4H7ClN4. The molecule has 0 aromatic carbocycles. The van der Waals surface area contributed by atoms with E-state index in [0.29, 0.717) is 5.70 Å². The lowest BCUT2D eigenvalue weighted by molar-refractivity contribution is 0.787. The fourth-order valence-corrected chi connectivity index (χ4v) is 0.635. The third kappa shape index (κ3) is 1.26. The fourth-order valence-electron chi connectivity index (χ4n) is 0.466. The lowest BCUT2D eigenvalue weighted by Crippen LogP contribution is -2.32. The molecule has 0 saturated heterocycles. The van der Waals surface area contributed by atoms with E-state index < -0.39 is 5.62 Å². The van der Waals surface area contributed by atoms with Gasteiger partial charge in [-0.25, -0.2) is 4.99 Å². The van der Waals surface area contributed by atoms with Crippen molar-refractivity contribution in [2.45, 2.75) is 5.62 Å². The van der Waals surface area contributed by atoms with Crippen LogP contribution in [0, 0.1) is 0 Å². The molecule has 0 fully saturated rings. The molecule has 1 aliphatic heterocycles. The Labute approximate surface area is 57.6 Å². The second kappa shape index (κ2) is 2.14. The van der Waals surface area contributed by atoms with Gasteiger partial charge in [0.05, 0.1) is 5.70 Å². The maximum Gasteiger partial charge on any atom is 0.197 e. The van der Waals surface area contributed by atoms with Crippen molar-refractivity contribution in [2.24, 2.45) is 16.5 Å². The van der Waals surface area contributed by atoms with Gasteiger partial charge in [-0.05, 0) is 0 Å². The predicted octanol–water partition coefficient (Wildman–Crippen LogP) is -0.731. The van der Waals surface area contributed by atoms with E-state index in [4.69, 9.17) is 23.1 Å². The van der Waals surface area contributed by atoms with Crippen molar-refractivity contribution in [1.82, 2.24) is 5.32 Å². The Hall–Kier alpha value is -0.900. The quantitative estimate of drug-likeness (QED) is 0.312. The van der Waals surface area contributed by atoms with Crippen molar-refractivity contribution >= 4 is 17.4 Å². The van der Waals surface area contributed by atoms with E-state index in [-0.39, 0.29) is 5.84 Å². The highest BCUT2D eigenvalue weighted by Crippen LogP contribution is 1.99. The van der Waals surface area contributed by atoms with E-state index in [1.807, 2.05) is 0 Å². The third-order valence-electron chi connectivity index (χ3n) is 0.925. The smallest absolute Gasteiger partial charge is 0.197 e. The first-order valence-electron chi connectivity index (χ1n) is 2.39. The number of nitrogens with zero attached hydrogens (tertiary/aromatic N) is 1. The number of hydrogen-bond acceptors (Lipinski definition) is 4. The van der Waals surface area contributed by atoms with E-state index in [1.54, 1.807) is 0 Å². The largest absolute Gasteiger partial charge is 0.395 e. The number of nitrogens with one attached hydrogen (secondary N) is 1. The zero-order valence-electron chi connectivity index (χ0n) is 4.63. The van der Waals surface area contributed by atoms with Crippen molar-refractivity contribution < 1.29 is 0 Å². The second-order valence-corrected chi connectivity index (χ2v) is 2.03. The Kier molecular flexibility index (Phi) is 1.48. The van der Waals surface area contributed by atoms with Crippen molar-refractivity contribution in [3.05, 3.63) is 11.9 Å². The number of halogens is 1. The van der Waals surface area contributed by atoms with Crippen LogP contribution in [-0.4, -0.2) is 11.5 Å². The molecule has 5 N–H and O–H groups in total. The van der Waals surface area contributed by atoms with Gasteiger partial charge < -0.3 is 16.8 Å². The molecule has 0 aliphatic carbocycles. The summed E-state index contributed by atoms with van der Waals surface area (Å²) >= 11 is 5.50. The van der Waals surface area contributed by atoms with Gasteiger partial charge in [-0.1, -0.05) is 11.6 Å². The molecule has 1 aliphatic rings. The van der Waals surface area contributed by atoms with Gasteiger partial charge in [0.2, 0.25) is 0 Å². The maximum atomic E-state index is 5.50. The Bertz CT molecular complexity index is 173. The number of aliphatic imine (C=N–C) groups is 1. The van der Waals surface area contributed by atoms with Gasteiger partial charge in [0.25, 0.3) is 0 Å². The van der Waals surface area contributed by atoms with Crippen LogP contribution in [0.5, 0.6) is 0 Å². The molecule has 0 spiro atoms. The molecule has 1 rings (SSSR count). The predicted molar refractivity (Wildman–Crippen MR) is 36.7 cm³/mol. The van der Waals surface area contributed by atoms with E-state index in [1.165, 1.54) is 6.20 Å². The first kappa shape index (κ1) is 6.22. The molecule has 0 aromatic rings. The summed E-state index contributed by atoms with van der Waals surface area (Å²) in [5.41, 5.74) is 10.6. The van der Waals surface area contributed by atoms with E-state index in [2.05, 4.69) is 10.3 Å². The zero-order chi connectivity index (χ0) is 6.85. The van der Waals surface area contributed by atoms with E-state index >= 15 is 0 Å². The Morgan fingerprint density at radius 3 is 2.78 bits per heavy atom. The van der Waals surface area contributed by atoms with Gasteiger partial charge in [0.1, 0.15) is 5.84 Å². The van der Waals surface area contributed by atoms with E-state index in [0.717, 1.165) is 0 Å². The van der Waals surface area contributed by atoms with Gasteiger partial charge in [-0.3, -0.25) is 0 Å². The van der Waals surface area contributed by atoms with Crippen LogP contribution in [0.1, 0.15) is 0 Å². The van der Waals surface area contributed by atoms with Crippen molar-refractivity contribution in [3.63, 3.8) is 0 Å². The molecule has 1 heterocycles. The van der Waals surface area contributed by atoms with Crippen LogP contribution in [0.4, 0.5) is 0 Å². The monoisotopic (exact) mass is 146 g/mol. The van der Waals surface area contributed by atoms with Crippen molar-refractivity contribution in [1.29, 1.82) is 0 Å². The molecule has 1 atom stereocenters. The first-order valence-corrected chi connectivity index (χ1v) is 2.83. The van der Waals surface area contributed by atoms with Crippen LogP contribution in [0.2, 0.25) is 0 Å². The summed E-state index contributed by atoms with van der Waals surface area (Å²) in [5.74, 6) is 0.286. The SMILES string of the molecule is NC1=CNC(Cl)N=C1N. The molecule has 0 aromatic heterocycles. The van der Waals surface area contributed by atoms with Crippen molar-refractivity contribution in [2.75, 3.05) is 0 Å². The molecule has 4 nitrogen and oxygen atoms in total. The second-order valence-electron chi connectivity index (χ2n) is 1.62. The lowest BCUT2D eigenvalue weighted by atomic mass is 10.4. The highest BCUT2D eigenvalue weighted by atomic mass is 35.5. The van der Waals surface area contributed by atoms with Gasteiger partial charge in [0.15, 0.2) is 5.62 Å². The molecule has 5 heteroatoms. The summed E-state index contributed by atoms with van der Waals surface area (Å²) in [7, 11) is 0. The molecule has 1 unspecified atom stereocenters. The van der Waals surface area contributed by atoms with Crippen LogP contribution in [0.25, 0.3) is 0 Å². The summed E-state index contributed by atoms with van der Waals surface area (Å²) in [6.07, 6.45) is 1.53. The number of hydrogen-bond donors (Lipinski definition) is 3. The molecule has 0 saturated carbocycles. The molecule has 0 amide bonds. The topological polar surface area (TPSA) is 76.4 Å². The summed E-state index contributed by atoms with van der Waals surface area (Å²) in [6.45, 7) is 0. The number of nitrogens with two attached hydrogens (primary N) is 2. The standard InChI is InChI=1S/C4H7ClN4/c5-4-8-1-2(6)3(7)9-4/h1,4,8H,6H2,(H2,7,9). The molecule has 0 radical (unpaired) electrons. The minimum atomic E-state index is -0.475. The molecule has 50 valence electrons. The minimum absolute atomic E-state index is 0.286. The van der Waals surface area contributed by atoms with Crippen LogP contribution in [-0.2, 0) is 0 Å². The summed E-state index contributed by atoms with van der Waals surface area (Å²) in [5, 5.41) is 2.67. The number of rotatable bonds is 0. The van der Waals surface area contributed by atoms with E-state index in [9.17, 15) is 0 Å². The Balaban J connectivity index is 2.75. The summed E-state index contributed by atoms with van der Waals surface area (Å²) < 4.78 is 0. The minimum Gasteiger partial charge on any atom is -0.395 e. The highest BCUT2D eigenvalue weighted by molar-refractivity contribution is 6.21.